The van der Waals surface area contributed by atoms with Crippen molar-refractivity contribution >= 4 is 11.6 Å². The number of benzene rings is 1. The van der Waals surface area contributed by atoms with E-state index in [0.717, 1.165) is 21.7 Å². The van der Waals surface area contributed by atoms with Gasteiger partial charge in [-0.3, -0.25) is 4.79 Å². The zero-order valence-corrected chi connectivity index (χ0v) is 15.4. The maximum Gasteiger partial charge on any atom is 0.283 e. The van der Waals surface area contributed by atoms with E-state index in [-0.39, 0.29) is 5.91 Å². The van der Waals surface area contributed by atoms with Crippen LogP contribution in [0.3, 0.4) is 0 Å². The van der Waals surface area contributed by atoms with Crippen molar-refractivity contribution in [2.75, 3.05) is 18.9 Å². The molecule has 7 heteroatoms. The van der Waals surface area contributed by atoms with Gasteiger partial charge in [-0.15, -0.1) is 10.2 Å². The monoisotopic (exact) mass is 355 g/mol. The summed E-state index contributed by atoms with van der Waals surface area (Å²) >= 11 is 0. The second kappa shape index (κ2) is 7.53. The van der Waals surface area contributed by atoms with E-state index in [0.29, 0.717) is 30.6 Å². The number of carbonyl (C=O) groups is 1. The number of nitrogens with one attached hydrogen (secondary N) is 2. The number of hydrogen-bond acceptors (Lipinski definition) is 5. The summed E-state index contributed by atoms with van der Waals surface area (Å²) in [4.78, 5) is 13.3. The highest BCUT2D eigenvalue weighted by atomic mass is 16.4. The van der Waals surface area contributed by atoms with Crippen LogP contribution in [0.5, 0.6) is 0 Å². The lowest BCUT2D eigenvalue weighted by Crippen LogP contribution is -3.08. The van der Waals surface area contributed by atoms with Gasteiger partial charge in [-0.1, -0.05) is 17.7 Å². The number of quaternary nitrogens is 1. The molecule has 0 aliphatic carbocycles. The number of furan rings is 1. The fraction of sp³-hybridized carbons (Fsp3) is 0.316. The van der Waals surface area contributed by atoms with E-state index in [4.69, 9.17) is 8.83 Å². The van der Waals surface area contributed by atoms with Crippen molar-refractivity contribution < 1.29 is 18.5 Å². The lowest BCUT2D eigenvalue weighted by atomic mass is 10.1. The van der Waals surface area contributed by atoms with E-state index in [1.807, 2.05) is 27.8 Å². The molecule has 7 nitrogen and oxygen atoms in total. The number of amides is 1. The summed E-state index contributed by atoms with van der Waals surface area (Å²) in [6.07, 6.45) is 1.55. The minimum Gasteiger partial charge on any atom is -0.459 e. The maximum absolute atomic E-state index is 12.4. The van der Waals surface area contributed by atoms with Crippen molar-refractivity contribution in [1.29, 1.82) is 0 Å². The zero-order chi connectivity index (χ0) is 18.7. The van der Waals surface area contributed by atoms with Crippen LogP contribution in [0.2, 0.25) is 0 Å². The predicted octanol–water partition coefficient (Wildman–Crippen LogP) is 1.91. The molecule has 2 heterocycles. The Balaban J connectivity index is 1.58. The summed E-state index contributed by atoms with van der Waals surface area (Å²) in [6.45, 7) is 6.80. The molecule has 1 aromatic carbocycles. The molecule has 0 saturated carbocycles. The van der Waals surface area contributed by atoms with Crippen LogP contribution >= 0.6 is 0 Å². The van der Waals surface area contributed by atoms with E-state index in [2.05, 4.69) is 27.6 Å². The quantitative estimate of drug-likeness (QED) is 0.705. The minimum atomic E-state index is -0.0525. The zero-order valence-electron chi connectivity index (χ0n) is 15.4. The molecule has 0 radical (unpaired) electrons. The van der Waals surface area contributed by atoms with Crippen LogP contribution in [0, 0.1) is 20.8 Å². The highest BCUT2D eigenvalue weighted by Gasteiger charge is 2.17. The Labute approximate surface area is 152 Å². The molecule has 3 aromatic rings. The predicted molar refractivity (Wildman–Crippen MR) is 96.7 cm³/mol. The van der Waals surface area contributed by atoms with Gasteiger partial charge < -0.3 is 19.1 Å². The largest absolute Gasteiger partial charge is 0.459 e. The molecular weight excluding hydrogens is 332 g/mol. The summed E-state index contributed by atoms with van der Waals surface area (Å²) in [6, 6.07) is 7.64. The van der Waals surface area contributed by atoms with Gasteiger partial charge in [-0.25, -0.2) is 0 Å². The van der Waals surface area contributed by atoms with Gasteiger partial charge in [0.1, 0.15) is 0 Å². The van der Waals surface area contributed by atoms with E-state index < -0.39 is 0 Å². The van der Waals surface area contributed by atoms with Crippen molar-refractivity contribution in [2.24, 2.45) is 0 Å². The number of carbonyl (C=O) groups excluding carboxylic acids is 1. The molecule has 0 fully saturated rings. The number of nitrogens with zero attached hydrogens (tertiary/aromatic N) is 2. The third-order valence-corrected chi connectivity index (χ3v) is 4.06. The van der Waals surface area contributed by atoms with Crippen molar-refractivity contribution in [2.45, 2.75) is 27.3 Å². The van der Waals surface area contributed by atoms with Gasteiger partial charge >= 0.3 is 0 Å². The highest BCUT2D eigenvalue weighted by Crippen LogP contribution is 2.21. The third kappa shape index (κ3) is 4.18. The first kappa shape index (κ1) is 17.9. The van der Waals surface area contributed by atoms with Crippen LogP contribution in [-0.4, -0.2) is 29.7 Å². The molecule has 1 unspecified atom stereocenters. The topological polar surface area (TPSA) is 85.6 Å². The summed E-state index contributed by atoms with van der Waals surface area (Å²) < 4.78 is 10.8. The summed E-state index contributed by atoms with van der Waals surface area (Å²) in [7, 11) is 1.91. The normalized spacial score (nSPS) is 12.2. The number of anilines is 1. The molecule has 136 valence electrons. The van der Waals surface area contributed by atoms with E-state index in [1.54, 1.807) is 18.4 Å². The lowest BCUT2D eigenvalue weighted by Gasteiger charge is -2.15. The maximum atomic E-state index is 12.4. The number of hydrogen-bond donors (Lipinski definition) is 2. The van der Waals surface area contributed by atoms with Gasteiger partial charge in [0.2, 0.25) is 0 Å². The molecule has 0 aliphatic heterocycles. The Morgan fingerprint density at radius 2 is 1.92 bits per heavy atom. The smallest absolute Gasteiger partial charge is 0.283 e. The highest BCUT2D eigenvalue weighted by molar-refractivity contribution is 5.93. The molecular formula is C19H23N4O3+. The molecule has 2 N–H and O–H groups in total. The Bertz CT molecular complexity index is 876. The van der Waals surface area contributed by atoms with Crippen molar-refractivity contribution in [3.05, 3.63) is 53.1 Å². The van der Waals surface area contributed by atoms with Crippen LogP contribution in [0.25, 0.3) is 11.7 Å². The van der Waals surface area contributed by atoms with Crippen LogP contribution < -0.4 is 10.2 Å². The molecule has 1 atom stereocenters. The first-order valence-corrected chi connectivity index (χ1v) is 8.47. The first-order valence-electron chi connectivity index (χ1n) is 8.47. The Morgan fingerprint density at radius 3 is 2.58 bits per heavy atom. The average Bonchev–Trinajstić information content (AvgIpc) is 3.21. The molecule has 0 spiro atoms. The Morgan fingerprint density at radius 1 is 1.19 bits per heavy atom. The van der Waals surface area contributed by atoms with E-state index >= 15 is 0 Å². The fourth-order valence-corrected chi connectivity index (χ4v) is 2.98. The molecule has 1 amide bonds. The SMILES string of the molecule is Cc1cc(C)c(NC(=O)C[NH+](C)Cc2nnc(-c3ccco3)o2)c(C)c1. The Kier molecular flexibility index (Phi) is 5.18. The van der Waals surface area contributed by atoms with Crippen molar-refractivity contribution in [3.63, 3.8) is 0 Å². The number of likely N-dealkylation sites (N-methyl/N-ethyl adjacent to an activating group) is 1. The number of aryl methyl sites for hydroxylation is 3. The number of aromatic nitrogens is 2. The van der Waals surface area contributed by atoms with Crippen molar-refractivity contribution in [1.82, 2.24) is 10.2 Å². The molecule has 26 heavy (non-hydrogen) atoms. The lowest BCUT2D eigenvalue weighted by molar-refractivity contribution is -0.886. The van der Waals surface area contributed by atoms with Gasteiger partial charge in [0.15, 0.2) is 18.8 Å². The van der Waals surface area contributed by atoms with Gasteiger partial charge in [0.05, 0.1) is 13.3 Å². The van der Waals surface area contributed by atoms with Gasteiger partial charge in [0.25, 0.3) is 17.7 Å². The van der Waals surface area contributed by atoms with E-state index in [1.165, 1.54) is 5.56 Å². The Hall–Kier alpha value is -2.93. The summed E-state index contributed by atoms with van der Waals surface area (Å²) in [5, 5.41) is 11.0. The summed E-state index contributed by atoms with van der Waals surface area (Å²) in [5.74, 6) is 1.28. The van der Waals surface area contributed by atoms with Crippen LogP contribution in [0.1, 0.15) is 22.6 Å². The van der Waals surface area contributed by atoms with Crippen LogP contribution in [0.4, 0.5) is 5.69 Å². The molecule has 3 rings (SSSR count). The standard InChI is InChI=1S/C19H22N4O3/c1-12-8-13(2)18(14(3)9-12)20-16(24)10-23(4)11-17-21-22-19(26-17)15-6-5-7-25-15/h5-9H,10-11H2,1-4H3,(H,20,24)/p+1. The number of rotatable bonds is 6. The molecule has 0 bridgehead atoms. The third-order valence-electron chi connectivity index (χ3n) is 4.06. The average molecular weight is 355 g/mol. The van der Waals surface area contributed by atoms with Gasteiger partial charge in [-0.2, -0.15) is 0 Å². The minimum absolute atomic E-state index is 0.0525. The van der Waals surface area contributed by atoms with Crippen LogP contribution in [-0.2, 0) is 11.3 Å². The molecule has 0 aliphatic rings. The first-order chi connectivity index (χ1) is 12.4. The summed E-state index contributed by atoms with van der Waals surface area (Å²) in [5.41, 5.74) is 4.19. The van der Waals surface area contributed by atoms with Gasteiger partial charge in [0, 0.05) is 5.69 Å². The van der Waals surface area contributed by atoms with Crippen LogP contribution in [0.15, 0.2) is 39.4 Å². The molecule has 2 aromatic heterocycles. The second-order valence-corrected chi connectivity index (χ2v) is 6.61. The van der Waals surface area contributed by atoms with Gasteiger partial charge in [-0.05, 0) is 44.0 Å². The van der Waals surface area contributed by atoms with E-state index in [9.17, 15) is 4.79 Å². The molecule has 0 saturated heterocycles. The fourth-order valence-electron chi connectivity index (χ4n) is 2.98. The van der Waals surface area contributed by atoms with Crippen molar-refractivity contribution in [3.8, 4) is 11.7 Å². The second-order valence-electron chi connectivity index (χ2n) is 6.61.